The number of furan rings is 1. The van der Waals surface area contributed by atoms with Gasteiger partial charge in [-0.25, -0.2) is 0 Å². The fraction of sp³-hybridized carbons (Fsp3) is 0.308. The maximum Gasteiger partial charge on any atom is 0.191 e. The van der Waals surface area contributed by atoms with E-state index in [1.807, 2.05) is 12.1 Å². The normalized spacial score (nSPS) is 11.0. The summed E-state index contributed by atoms with van der Waals surface area (Å²) in [5.41, 5.74) is 1.09. The molecule has 4 nitrogen and oxygen atoms in total. The third kappa shape index (κ3) is 5.72. The minimum absolute atomic E-state index is 0. The van der Waals surface area contributed by atoms with Gasteiger partial charge in [-0.1, -0.05) is 11.6 Å². The summed E-state index contributed by atoms with van der Waals surface area (Å²) in [5.74, 6) is 0.781. The number of aliphatic imine (C=N–C) groups is 1. The number of halogens is 2. The molecule has 2 heterocycles. The highest BCUT2D eigenvalue weighted by Crippen LogP contribution is 2.21. The average Bonchev–Trinajstić information content (AvgIpc) is 3.05. The quantitative estimate of drug-likeness (QED) is 0.438. The molecule has 20 heavy (non-hydrogen) atoms. The molecule has 0 aromatic carbocycles. The Bertz CT molecular complexity index is 527. The molecule has 0 saturated heterocycles. The molecule has 0 radical (unpaired) electrons. The van der Waals surface area contributed by atoms with E-state index >= 15 is 0 Å². The van der Waals surface area contributed by atoms with Crippen molar-refractivity contribution in [2.45, 2.75) is 13.0 Å². The Hall–Kier alpha value is -0.730. The smallest absolute Gasteiger partial charge is 0.191 e. The van der Waals surface area contributed by atoms with Crippen molar-refractivity contribution in [2.24, 2.45) is 4.99 Å². The zero-order valence-corrected chi connectivity index (χ0v) is 15.0. The zero-order chi connectivity index (χ0) is 13.5. The van der Waals surface area contributed by atoms with Gasteiger partial charge in [0.05, 0.1) is 16.9 Å². The fourth-order valence-corrected chi connectivity index (χ4v) is 2.68. The van der Waals surface area contributed by atoms with Gasteiger partial charge in [0, 0.05) is 30.6 Å². The lowest BCUT2D eigenvalue weighted by Gasteiger charge is -2.10. The van der Waals surface area contributed by atoms with Crippen molar-refractivity contribution >= 4 is 52.9 Å². The van der Waals surface area contributed by atoms with Crippen LogP contribution in [0.25, 0.3) is 0 Å². The van der Waals surface area contributed by atoms with Crippen LogP contribution in [0.4, 0.5) is 0 Å². The molecule has 2 aromatic heterocycles. The average molecular weight is 426 g/mol. The Morgan fingerprint density at radius 3 is 2.80 bits per heavy atom. The van der Waals surface area contributed by atoms with E-state index in [0.717, 1.165) is 28.8 Å². The summed E-state index contributed by atoms with van der Waals surface area (Å²) in [4.78, 5) is 5.43. The number of hydrogen-bond donors (Lipinski definition) is 2. The number of rotatable bonds is 5. The predicted molar refractivity (Wildman–Crippen MR) is 95.4 cm³/mol. The molecule has 0 aliphatic carbocycles. The van der Waals surface area contributed by atoms with Crippen LogP contribution in [0.5, 0.6) is 0 Å². The van der Waals surface area contributed by atoms with E-state index in [1.54, 1.807) is 30.9 Å². The molecule has 0 saturated carbocycles. The second kappa shape index (κ2) is 9.25. The van der Waals surface area contributed by atoms with Gasteiger partial charge in [0.25, 0.3) is 0 Å². The summed E-state index contributed by atoms with van der Waals surface area (Å²) in [6, 6.07) is 5.90. The molecule has 2 aromatic rings. The van der Waals surface area contributed by atoms with Gasteiger partial charge in [-0.2, -0.15) is 0 Å². The van der Waals surface area contributed by atoms with Gasteiger partial charge in [-0.15, -0.1) is 35.3 Å². The summed E-state index contributed by atoms with van der Waals surface area (Å²) >= 11 is 7.50. The maximum atomic E-state index is 5.89. The fourth-order valence-electron chi connectivity index (χ4n) is 1.59. The van der Waals surface area contributed by atoms with Crippen molar-refractivity contribution < 1.29 is 4.42 Å². The first-order chi connectivity index (χ1) is 9.28. The van der Waals surface area contributed by atoms with Crippen LogP contribution in [0.1, 0.15) is 10.4 Å². The number of thiophene rings is 1. The van der Waals surface area contributed by atoms with E-state index in [4.69, 9.17) is 16.0 Å². The van der Waals surface area contributed by atoms with Crippen LogP contribution in [0.15, 0.2) is 40.1 Å². The van der Waals surface area contributed by atoms with Crippen LogP contribution in [-0.4, -0.2) is 19.6 Å². The molecule has 0 amide bonds. The van der Waals surface area contributed by atoms with E-state index in [0.29, 0.717) is 6.54 Å². The molecular weight excluding hydrogens is 409 g/mol. The van der Waals surface area contributed by atoms with Crippen LogP contribution in [-0.2, 0) is 13.0 Å². The molecule has 7 heteroatoms. The van der Waals surface area contributed by atoms with Gasteiger partial charge in [-0.3, -0.25) is 4.99 Å². The standard InChI is InChI=1S/C13H16ClN3OS.HI/c1-15-13(17-8-10-5-7-18-9-10)16-6-4-11-2-3-12(14)19-11;/h2-3,5,7,9H,4,6,8H2,1H3,(H2,15,16,17);1H. The highest BCUT2D eigenvalue weighted by Gasteiger charge is 2.01. The SMILES string of the molecule is CN=C(NCCc1ccc(Cl)s1)NCc1ccoc1.I. The van der Waals surface area contributed by atoms with E-state index in [1.165, 1.54) is 4.88 Å². The highest BCUT2D eigenvalue weighted by molar-refractivity contribution is 14.0. The Morgan fingerprint density at radius 1 is 1.35 bits per heavy atom. The summed E-state index contributed by atoms with van der Waals surface area (Å²) < 4.78 is 5.84. The molecule has 0 unspecified atom stereocenters. The first kappa shape index (κ1) is 17.3. The van der Waals surface area contributed by atoms with Gasteiger partial charge >= 0.3 is 0 Å². The maximum absolute atomic E-state index is 5.89. The van der Waals surface area contributed by atoms with Crippen molar-refractivity contribution in [3.63, 3.8) is 0 Å². The van der Waals surface area contributed by atoms with E-state index in [9.17, 15) is 0 Å². The van der Waals surface area contributed by atoms with E-state index in [2.05, 4.69) is 21.7 Å². The predicted octanol–water partition coefficient (Wildman–Crippen LogP) is 3.52. The molecule has 0 aliphatic heterocycles. The number of nitrogens with zero attached hydrogens (tertiary/aromatic N) is 1. The van der Waals surface area contributed by atoms with Crippen LogP contribution in [0, 0.1) is 0 Å². The summed E-state index contributed by atoms with van der Waals surface area (Å²) in [6.07, 6.45) is 4.31. The summed E-state index contributed by atoms with van der Waals surface area (Å²) in [6.45, 7) is 1.52. The van der Waals surface area contributed by atoms with Gasteiger partial charge in [0.1, 0.15) is 0 Å². The minimum Gasteiger partial charge on any atom is -0.472 e. The molecule has 0 aliphatic rings. The third-order valence-corrected chi connectivity index (χ3v) is 3.85. The monoisotopic (exact) mass is 425 g/mol. The number of guanidine groups is 1. The molecule has 2 rings (SSSR count). The van der Waals surface area contributed by atoms with Gasteiger partial charge in [0.15, 0.2) is 5.96 Å². The van der Waals surface area contributed by atoms with Crippen molar-refractivity contribution in [1.29, 1.82) is 0 Å². The van der Waals surface area contributed by atoms with Crippen molar-refractivity contribution in [3.8, 4) is 0 Å². The molecule has 0 atom stereocenters. The lowest BCUT2D eigenvalue weighted by molar-refractivity contribution is 0.563. The third-order valence-electron chi connectivity index (χ3n) is 2.56. The topological polar surface area (TPSA) is 49.6 Å². The Kier molecular flexibility index (Phi) is 8.01. The van der Waals surface area contributed by atoms with Crippen molar-refractivity contribution in [3.05, 3.63) is 45.5 Å². The highest BCUT2D eigenvalue weighted by atomic mass is 127. The Labute approximate surface area is 144 Å². The minimum atomic E-state index is 0. The van der Waals surface area contributed by atoms with Crippen LogP contribution in [0.2, 0.25) is 4.34 Å². The van der Waals surface area contributed by atoms with Crippen LogP contribution in [0.3, 0.4) is 0 Å². The van der Waals surface area contributed by atoms with Gasteiger partial charge < -0.3 is 15.1 Å². The molecule has 0 spiro atoms. The Balaban J connectivity index is 0.00000200. The summed E-state index contributed by atoms with van der Waals surface area (Å²) in [7, 11) is 1.76. The van der Waals surface area contributed by atoms with Gasteiger partial charge in [-0.05, 0) is 24.6 Å². The molecular formula is C13H17ClIN3OS. The molecule has 0 bridgehead atoms. The first-order valence-corrected chi connectivity index (χ1v) is 7.17. The lowest BCUT2D eigenvalue weighted by Crippen LogP contribution is -2.37. The lowest BCUT2D eigenvalue weighted by atomic mass is 10.3. The van der Waals surface area contributed by atoms with E-state index < -0.39 is 0 Å². The first-order valence-electron chi connectivity index (χ1n) is 5.98. The summed E-state index contributed by atoms with van der Waals surface area (Å²) in [5, 5.41) is 6.48. The second-order valence-corrected chi connectivity index (χ2v) is 5.74. The second-order valence-electron chi connectivity index (χ2n) is 3.94. The van der Waals surface area contributed by atoms with E-state index in [-0.39, 0.29) is 24.0 Å². The van der Waals surface area contributed by atoms with Gasteiger partial charge in [0.2, 0.25) is 0 Å². The largest absolute Gasteiger partial charge is 0.472 e. The van der Waals surface area contributed by atoms with Crippen molar-refractivity contribution in [2.75, 3.05) is 13.6 Å². The molecule has 2 N–H and O–H groups in total. The zero-order valence-electron chi connectivity index (χ0n) is 11.1. The van der Waals surface area contributed by atoms with Crippen LogP contribution >= 0.6 is 46.9 Å². The van der Waals surface area contributed by atoms with Crippen LogP contribution < -0.4 is 10.6 Å². The number of nitrogens with one attached hydrogen (secondary N) is 2. The number of hydrogen-bond acceptors (Lipinski definition) is 3. The molecule has 110 valence electrons. The van der Waals surface area contributed by atoms with Crippen molar-refractivity contribution in [1.82, 2.24) is 10.6 Å². The Morgan fingerprint density at radius 2 is 2.20 bits per heavy atom. The molecule has 0 fully saturated rings.